The van der Waals surface area contributed by atoms with Gasteiger partial charge in [0.05, 0.1) is 12.5 Å². The van der Waals surface area contributed by atoms with Crippen LogP contribution in [0, 0.1) is 5.92 Å². The van der Waals surface area contributed by atoms with E-state index in [9.17, 15) is 9.59 Å². The highest BCUT2D eigenvalue weighted by Crippen LogP contribution is 2.26. The molecule has 0 spiro atoms. The zero-order chi connectivity index (χ0) is 18.0. The van der Waals surface area contributed by atoms with E-state index >= 15 is 0 Å². The van der Waals surface area contributed by atoms with E-state index in [1.165, 1.54) is 6.33 Å². The van der Waals surface area contributed by atoms with Gasteiger partial charge < -0.3 is 16.0 Å². The number of urea groups is 1. The van der Waals surface area contributed by atoms with Gasteiger partial charge in [-0.1, -0.05) is 13.8 Å². The number of carbonyl (C=O) groups excluding carboxylic acids is 2. The maximum absolute atomic E-state index is 12.4. The van der Waals surface area contributed by atoms with Crippen LogP contribution in [-0.2, 0) is 18.3 Å². The number of nitrogens with one attached hydrogen (secondary N) is 3. The van der Waals surface area contributed by atoms with Crippen LogP contribution in [0.25, 0.3) is 0 Å². The molecule has 2 heterocycles. The van der Waals surface area contributed by atoms with Crippen LogP contribution < -0.4 is 16.0 Å². The van der Waals surface area contributed by atoms with Gasteiger partial charge in [0.1, 0.15) is 12.2 Å². The summed E-state index contributed by atoms with van der Waals surface area (Å²) >= 11 is 0. The summed E-state index contributed by atoms with van der Waals surface area (Å²) in [6.45, 7) is 4.18. The molecule has 1 aliphatic heterocycles. The second kappa shape index (κ2) is 6.92. The molecule has 3 rings (SSSR count). The van der Waals surface area contributed by atoms with Crippen LogP contribution in [0.1, 0.15) is 37.7 Å². The van der Waals surface area contributed by atoms with Gasteiger partial charge in [0.15, 0.2) is 0 Å². The number of aromatic nitrogens is 3. The Balaban J connectivity index is 1.69. The highest BCUT2D eigenvalue weighted by atomic mass is 16.2. The minimum absolute atomic E-state index is 0.0316. The fraction of sp³-hybridized carbons (Fsp3) is 0.412. The lowest BCUT2D eigenvalue weighted by molar-refractivity contribution is -0.115. The molecule has 2 aromatic rings. The summed E-state index contributed by atoms with van der Waals surface area (Å²) in [5, 5.41) is 12.6. The van der Waals surface area contributed by atoms with Crippen molar-refractivity contribution < 1.29 is 9.59 Å². The molecule has 0 fully saturated rings. The smallest absolute Gasteiger partial charge is 0.319 e. The van der Waals surface area contributed by atoms with E-state index in [4.69, 9.17) is 0 Å². The van der Waals surface area contributed by atoms with E-state index in [0.29, 0.717) is 23.9 Å². The van der Waals surface area contributed by atoms with E-state index in [1.807, 2.05) is 6.07 Å². The summed E-state index contributed by atoms with van der Waals surface area (Å²) in [4.78, 5) is 28.1. The van der Waals surface area contributed by atoms with E-state index in [1.54, 1.807) is 23.9 Å². The summed E-state index contributed by atoms with van der Waals surface area (Å²) in [6, 6.07) is 4.83. The zero-order valence-electron chi connectivity index (χ0n) is 14.5. The highest BCUT2D eigenvalue weighted by Gasteiger charge is 2.21. The SMILES string of the molecule is CC(C)C[C@@H](NC(=O)Nc1ccc2c(c1)CC(=O)N2)c1ncnn1C. The molecular formula is C17H22N6O2. The number of fused-ring (bicyclic) bond motifs is 1. The van der Waals surface area contributed by atoms with Crippen LogP contribution in [0.15, 0.2) is 24.5 Å². The number of nitrogens with zero attached hydrogens (tertiary/aromatic N) is 3. The first-order chi connectivity index (χ1) is 11.9. The number of carbonyl (C=O) groups is 2. The van der Waals surface area contributed by atoms with Crippen molar-refractivity contribution in [2.75, 3.05) is 10.6 Å². The fourth-order valence-electron chi connectivity index (χ4n) is 2.95. The van der Waals surface area contributed by atoms with Gasteiger partial charge in [0.25, 0.3) is 0 Å². The predicted molar refractivity (Wildman–Crippen MR) is 94.1 cm³/mol. The van der Waals surface area contributed by atoms with Gasteiger partial charge in [0.2, 0.25) is 5.91 Å². The molecule has 1 aromatic carbocycles. The van der Waals surface area contributed by atoms with Gasteiger partial charge in [-0.2, -0.15) is 5.10 Å². The van der Waals surface area contributed by atoms with Crippen molar-refractivity contribution in [3.8, 4) is 0 Å². The summed E-state index contributed by atoms with van der Waals surface area (Å²) < 4.78 is 1.67. The van der Waals surface area contributed by atoms with Crippen molar-refractivity contribution in [2.24, 2.45) is 13.0 Å². The Hall–Kier alpha value is -2.90. The first kappa shape index (κ1) is 16.9. The second-order valence-corrected chi connectivity index (χ2v) is 6.62. The van der Waals surface area contributed by atoms with Crippen LogP contribution in [0.5, 0.6) is 0 Å². The molecule has 8 nitrogen and oxygen atoms in total. The monoisotopic (exact) mass is 342 g/mol. The summed E-state index contributed by atoms with van der Waals surface area (Å²) in [5.41, 5.74) is 2.33. The van der Waals surface area contributed by atoms with E-state index < -0.39 is 0 Å². The molecule has 0 radical (unpaired) electrons. The van der Waals surface area contributed by atoms with Crippen molar-refractivity contribution >= 4 is 23.3 Å². The Morgan fingerprint density at radius 2 is 2.20 bits per heavy atom. The second-order valence-electron chi connectivity index (χ2n) is 6.62. The van der Waals surface area contributed by atoms with Gasteiger partial charge >= 0.3 is 6.03 Å². The Kier molecular flexibility index (Phi) is 4.69. The van der Waals surface area contributed by atoms with Crippen molar-refractivity contribution in [3.63, 3.8) is 0 Å². The van der Waals surface area contributed by atoms with E-state index in [2.05, 4.69) is 39.9 Å². The van der Waals surface area contributed by atoms with Gasteiger partial charge in [-0.3, -0.25) is 9.48 Å². The molecule has 0 saturated heterocycles. The summed E-state index contributed by atoms with van der Waals surface area (Å²) in [7, 11) is 1.81. The number of benzene rings is 1. The molecule has 1 atom stereocenters. The number of aryl methyl sites for hydroxylation is 1. The Bertz CT molecular complexity index is 798. The number of anilines is 2. The quantitative estimate of drug-likeness (QED) is 0.775. The van der Waals surface area contributed by atoms with E-state index in [-0.39, 0.29) is 18.0 Å². The normalized spacial score (nSPS) is 14.2. The highest BCUT2D eigenvalue weighted by molar-refractivity contribution is 6.00. The third kappa shape index (κ3) is 3.96. The van der Waals surface area contributed by atoms with Gasteiger partial charge in [0, 0.05) is 18.4 Å². The van der Waals surface area contributed by atoms with Crippen molar-refractivity contribution in [1.82, 2.24) is 20.1 Å². The lowest BCUT2D eigenvalue weighted by Gasteiger charge is -2.20. The molecule has 8 heteroatoms. The van der Waals surface area contributed by atoms with Gasteiger partial charge in [-0.25, -0.2) is 9.78 Å². The van der Waals surface area contributed by atoms with Crippen molar-refractivity contribution in [3.05, 3.63) is 35.9 Å². The Labute approximate surface area is 146 Å². The molecule has 0 bridgehead atoms. The van der Waals surface area contributed by atoms with Gasteiger partial charge in [-0.15, -0.1) is 0 Å². The maximum atomic E-state index is 12.4. The third-order valence-corrected chi connectivity index (χ3v) is 4.06. The Morgan fingerprint density at radius 1 is 1.40 bits per heavy atom. The van der Waals surface area contributed by atoms with Gasteiger partial charge in [-0.05, 0) is 36.1 Å². The number of hydrogen-bond donors (Lipinski definition) is 3. The maximum Gasteiger partial charge on any atom is 0.319 e. The summed E-state index contributed by atoms with van der Waals surface area (Å²) in [5.74, 6) is 1.07. The number of amides is 3. The minimum Gasteiger partial charge on any atom is -0.328 e. The number of rotatable bonds is 5. The first-order valence-electron chi connectivity index (χ1n) is 8.26. The molecule has 3 amide bonds. The molecule has 25 heavy (non-hydrogen) atoms. The largest absolute Gasteiger partial charge is 0.328 e. The molecule has 0 aliphatic carbocycles. The first-order valence-corrected chi connectivity index (χ1v) is 8.26. The molecule has 132 valence electrons. The molecular weight excluding hydrogens is 320 g/mol. The van der Waals surface area contributed by atoms with Crippen LogP contribution in [0.4, 0.5) is 16.2 Å². The average molecular weight is 342 g/mol. The fourth-order valence-corrected chi connectivity index (χ4v) is 2.95. The van der Waals surface area contributed by atoms with Crippen LogP contribution in [-0.4, -0.2) is 26.7 Å². The lowest BCUT2D eigenvalue weighted by atomic mass is 10.0. The van der Waals surface area contributed by atoms with Crippen molar-refractivity contribution in [2.45, 2.75) is 32.7 Å². The van der Waals surface area contributed by atoms with Crippen LogP contribution >= 0.6 is 0 Å². The van der Waals surface area contributed by atoms with Crippen LogP contribution in [0.3, 0.4) is 0 Å². The molecule has 1 aliphatic rings. The number of hydrogen-bond acceptors (Lipinski definition) is 4. The predicted octanol–water partition coefficient (Wildman–Crippen LogP) is 2.22. The Morgan fingerprint density at radius 3 is 2.88 bits per heavy atom. The third-order valence-electron chi connectivity index (χ3n) is 4.06. The van der Waals surface area contributed by atoms with E-state index in [0.717, 1.165) is 17.7 Å². The molecule has 3 N–H and O–H groups in total. The molecule has 0 unspecified atom stereocenters. The standard InChI is InChI=1S/C17H22N6O2/c1-10(2)6-14(16-18-9-19-23(16)3)22-17(25)20-12-4-5-13-11(7-12)8-15(24)21-13/h4-5,7,9-10,14H,6,8H2,1-3H3,(H,21,24)(H2,20,22,25)/t14-/m1/s1. The van der Waals surface area contributed by atoms with Crippen molar-refractivity contribution in [1.29, 1.82) is 0 Å². The molecule has 0 saturated carbocycles. The zero-order valence-corrected chi connectivity index (χ0v) is 14.5. The lowest BCUT2D eigenvalue weighted by Crippen LogP contribution is -2.34. The van der Waals surface area contributed by atoms with Crippen LogP contribution in [0.2, 0.25) is 0 Å². The average Bonchev–Trinajstić information content (AvgIpc) is 3.10. The summed E-state index contributed by atoms with van der Waals surface area (Å²) in [6.07, 6.45) is 2.57. The topological polar surface area (TPSA) is 101 Å². The molecule has 1 aromatic heterocycles. The minimum atomic E-state index is -0.314.